The van der Waals surface area contributed by atoms with Crippen molar-refractivity contribution in [1.29, 1.82) is 0 Å². The lowest BCUT2D eigenvalue weighted by molar-refractivity contribution is -0.156. The summed E-state index contributed by atoms with van der Waals surface area (Å²) in [5.41, 5.74) is -0.376. The minimum absolute atomic E-state index is 0.376. The van der Waals surface area contributed by atoms with Gasteiger partial charge in [0.25, 0.3) is 0 Å². The molecule has 0 aromatic rings. The zero-order valence-electron chi connectivity index (χ0n) is 12.5. The Morgan fingerprint density at radius 1 is 1.00 bits per heavy atom. The van der Waals surface area contributed by atoms with E-state index >= 15 is 0 Å². The van der Waals surface area contributed by atoms with E-state index in [4.69, 9.17) is 0 Å². The van der Waals surface area contributed by atoms with Crippen LogP contribution in [0.3, 0.4) is 0 Å². The van der Waals surface area contributed by atoms with Gasteiger partial charge in [0.15, 0.2) is 0 Å². The Labute approximate surface area is 118 Å². The van der Waals surface area contributed by atoms with E-state index in [0.29, 0.717) is 5.92 Å². The Bertz CT molecular complexity index is 282. The third-order valence-electron chi connectivity index (χ3n) is 5.88. The number of rotatable bonds is 3. The number of carboxylic acids is 1. The van der Waals surface area contributed by atoms with Gasteiger partial charge in [0.2, 0.25) is 0 Å². The van der Waals surface area contributed by atoms with Gasteiger partial charge >= 0.3 is 5.97 Å². The van der Waals surface area contributed by atoms with Crippen LogP contribution in [0.1, 0.15) is 84.0 Å². The van der Waals surface area contributed by atoms with Gasteiger partial charge in [-0.3, -0.25) is 4.79 Å². The summed E-state index contributed by atoms with van der Waals surface area (Å²) in [7, 11) is 0. The second-order valence-electron chi connectivity index (χ2n) is 6.85. The minimum Gasteiger partial charge on any atom is -0.481 e. The highest BCUT2D eigenvalue weighted by molar-refractivity contribution is 5.75. The maximum atomic E-state index is 12.0. The number of hydrogen-bond acceptors (Lipinski definition) is 1. The van der Waals surface area contributed by atoms with E-state index in [1.807, 2.05) is 0 Å². The van der Waals surface area contributed by atoms with E-state index in [1.165, 1.54) is 38.5 Å². The highest BCUT2D eigenvalue weighted by Crippen LogP contribution is 2.48. The fourth-order valence-electron chi connectivity index (χ4n) is 4.46. The first-order valence-corrected chi connectivity index (χ1v) is 8.42. The number of aliphatic carboxylic acids is 1. The fourth-order valence-corrected chi connectivity index (χ4v) is 4.46. The van der Waals surface area contributed by atoms with E-state index in [-0.39, 0.29) is 5.41 Å². The van der Waals surface area contributed by atoms with Crippen molar-refractivity contribution in [3.05, 3.63) is 0 Å². The van der Waals surface area contributed by atoms with Crippen molar-refractivity contribution in [2.24, 2.45) is 17.3 Å². The van der Waals surface area contributed by atoms with Gasteiger partial charge in [0, 0.05) is 0 Å². The molecule has 19 heavy (non-hydrogen) atoms. The van der Waals surface area contributed by atoms with Crippen molar-refractivity contribution in [2.75, 3.05) is 0 Å². The summed E-state index contributed by atoms with van der Waals surface area (Å²) in [5, 5.41) is 9.88. The van der Waals surface area contributed by atoms with Crippen LogP contribution < -0.4 is 0 Å². The molecule has 0 unspecified atom stereocenters. The molecule has 0 bridgehead atoms. The van der Waals surface area contributed by atoms with Crippen molar-refractivity contribution in [3.8, 4) is 0 Å². The highest BCUT2D eigenvalue weighted by atomic mass is 16.4. The van der Waals surface area contributed by atoms with Gasteiger partial charge in [0.1, 0.15) is 0 Å². The molecule has 0 aliphatic heterocycles. The Morgan fingerprint density at radius 2 is 1.53 bits per heavy atom. The zero-order chi connectivity index (χ0) is 13.7. The lowest BCUT2D eigenvalue weighted by atomic mass is 9.61. The second kappa shape index (κ2) is 6.76. The number of hydrogen-bond donors (Lipinski definition) is 1. The Hall–Kier alpha value is -0.530. The minimum atomic E-state index is -0.491. The van der Waals surface area contributed by atoms with Gasteiger partial charge in [-0.15, -0.1) is 0 Å². The van der Waals surface area contributed by atoms with Crippen LogP contribution in [0.5, 0.6) is 0 Å². The van der Waals surface area contributed by atoms with Crippen molar-refractivity contribution in [1.82, 2.24) is 0 Å². The predicted octanol–water partition coefficient (Wildman–Crippen LogP) is 5.02. The van der Waals surface area contributed by atoms with E-state index in [1.54, 1.807) is 0 Å². The topological polar surface area (TPSA) is 37.3 Å². The van der Waals surface area contributed by atoms with Crippen molar-refractivity contribution >= 4 is 5.97 Å². The van der Waals surface area contributed by atoms with E-state index in [0.717, 1.165) is 44.4 Å². The van der Waals surface area contributed by atoms with Crippen LogP contribution in [0, 0.1) is 17.3 Å². The molecule has 2 aliphatic carbocycles. The number of carbonyl (C=O) groups is 1. The van der Waals surface area contributed by atoms with Crippen LogP contribution in [0.15, 0.2) is 0 Å². The quantitative estimate of drug-likeness (QED) is 0.779. The molecule has 2 rings (SSSR count). The second-order valence-corrected chi connectivity index (χ2v) is 6.85. The average Bonchev–Trinajstić information content (AvgIpc) is 2.39. The van der Waals surface area contributed by atoms with Gasteiger partial charge in [-0.25, -0.2) is 0 Å². The largest absolute Gasteiger partial charge is 0.481 e. The Morgan fingerprint density at radius 3 is 2.00 bits per heavy atom. The van der Waals surface area contributed by atoms with Gasteiger partial charge in [-0.1, -0.05) is 58.3 Å². The third kappa shape index (κ3) is 3.32. The van der Waals surface area contributed by atoms with Crippen LogP contribution in [0.2, 0.25) is 0 Å². The molecule has 110 valence electrons. The molecule has 2 aliphatic rings. The molecule has 0 amide bonds. The molecule has 0 aromatic heterocycles. The summed E-state index contributed by atoms with van der Waals surface area (Å²) in [6.45, 7) is 2.27. The Kier molecular flexibility index (Phi) is 5.29. The van der Waals surface area contributed by atoms with Crippen LogP contribution in [0.25, 0.3) is 0 Å². The molecule has 2 fully saturated rings. The maximum Gasteiger partial charge on any atom is 0.309 e. The summed E-state index contributed by atoms with van der Waals surface area (Å²) in [5.74, 6) is 0.816. The standard InChI is InChI=1S/C17H30O2/c1-2-14-8-10-15(11-9-14)17(16(18)19)12-6-4-3-5-7-13-17/h14-15H,2-13H2,1H3,(H,18,19). The highest BCUT2D eigenvalue weighted by Gasteiger charge is 2.45. The first-order valence-electron chi connectivity index (χ1n) is 8.42. The molecule has 2 saturated carbocycles. The van der Waals surface area contributed by atoms with E-state index < -0.39 is 5.97 Å². The summed E-state index contributed by atoms with van der Waals surface area (Å²) in [4.78, 5) is 12.0. The fraction of sp³-hybridized carbons (Fsp3) is 0.941. The molecule has 0 radical (unpaired) electrons. The lowest BCUT2D eigenvalue weighted by Gasteiger charge is -2.42. The van der Waals surface area contributed by atoms with Gasteiger partial charge in [0.05, 0.1) is 5.41 Å². The molecule has 0 atom stereocenters. The van der Waals surface area contributed by atoms with E-state index in [9.17, 15) is 9.90 Å². The number of carboxylic acid groups (broad SMARTS) is 1. The lowest BCUT2D eigenvalue weighted by Crippen LogP contribution is -2.41. The maximum absolute atomic E-state index is 12.0. The summed E-state index contributed by atoms with van der Waals surface area (Å²) < 4.78 is 0. The molecule has 2 heteroatoms. The molecule has 0 heterocycles. The molecule has 0 aromatic carbocycles. The van der Waals surface area contributed by atoms with Gasteiger partial charge in [-0.2, -0.15) is 0 Å². The molecular weight excluding hydrogens is 236 g/mol. The SMILES string of the molecule is CCC1CCC(C2(C(=O)O)CCCCCCC2)CC1. The molecule has 0 spiro atoms. The normalized spacial score (nSPS) is 32.3. The van der Waals surface area contributed by atoms with Crippen molar-refractivity contribution in [3.63, 3.8) is 0 Å². The molecule has 1 N–H and O–H groups in total. The first kappa shape index (κ1) is 14.9. The smallest absolute Gasteiger partial charge is 0.309 e. The van der Waals surface area contributed by atoms with Gasteiger partial charge in [-0.05, 0) is 37.5 Å². The van der Waals surface area contributed by atoms with Gasteiger partial charge < -0.3 is 5.11 Å². The first-order chi connectivity index (χ1) is 9.19. The predicted molar refractivity (Wildman–Crippen MR) is 78.1 cm³/mol. The Balaban J connectivity index is 2.07. The van der Waals surface area contributed by atoms with Crippen LogP contribution in [-0.4, -0.2) is 11.1 Å². The van der Waals surface area contributed by atoms with Crippen molar-refractivity contribution < 1.29 is 9.90 Å². The monoisotopic (exact) mass is 266 g/mol. The van der Waals surface area contributed by atoms with Crippen LogP contribution >= 0.6 is 0 Å². The molecule has 0 saturated heterocycles. The zero-order valence-corrected chi connectivity index (χ0v) is 12.5. The summed E-state index contributed by atoms with van der Waals surface area (Å²) in [6.07, 6.45) is 14.0. The average molecular weight is 266 g/mol. The van der Waals surface area contributed by atoms with Crippen LogP contribution in [-0.2, 0) is 4.79 Å². The molecular formula is C17H30O2. The summed E-state index contributed by atoms with van der Waals surface area (Å²) >= 11 is 0. The summed E-state index contributed by atoms with van der Waals surface area (Å²) in [6, 6.07) is 0. The van der Waals surface area contributed by atoms with Crippen LogP contribution in [0.4, 0.5) is 0 Å². The molecule has 2 nitrogen and oxygen atoms in total. The van der Waals surface area contributed by atoms with E-state index in [2.05, 4.69) is 6.92 Å². The van der Waals surface area contributed by atoms with Crippen molar-refractivity contribution in [2.45, 2.75) is 84.0 Å². The third-order valence-corrected chi connectivity index (χ3v) is 5.88.